The van der Waals surface area contributed by atoms with Crippen LogP contribution < -0.4 is 0 Å². The van der Waals surface area contributed by atoms with Crippen molar-refractivity contribution in [1.29, 1.82) is 0 Å². The van der Waals surface area contributed by atoms with Gasteiger partial charge in [-0.1, -0.05) is 35.5 Å². The van der Waals surface area contributed by atoms with Crippen LogP contribution in [0.4, 0.5) is 0 Å². The van der Waals surface area contributed by atoms with E-state index in [1.807, 2.05) is 37.3 Å². The normalized spacial score (nSPS) is 12.7. The fraction of sp³-hybridized carbons (Fsp3) is 0.375. The Hall–Kier alpha value is -2.50. The summed E-state index contributed by atoms with van der Waals surface area (Å²) in [7, 11) is 0. The molecule has 1 aromatic heterocycles. The molecule has 0 spiro atoms. The van der Waals surface area contributed by atoms with Crippen molar-refractivity contribution in [1.82, 2.24) is 15.0 Å². The molecule has 0 N–H and O–H groups in total. The molecule has 2 rings (SSSR count). The fourth-order valence-corrected chi connectivity index (χ4v) is 1.90. The highest BCUT2D eigenvalue weighted by Gasteiger charge is 2.31. The summed E-state index contributed by atoms with van der Waals surface area (Å²) in [6, 6.07) is 9.47. The third-order valence-electron chi connectivity index (χ3n) is 3.63. The maximum absolute atomic E-state index is 12.3. The van der Waals surface area contributed by atoms with Gasteiger partial charge in [-0.3, -0.25) is 4.79 Å². The molecular weight excluding hydrogens is 282 g/mol. The molecule has 0 fully saturated rings. The van der Waals surface area contributed by atoms with E-state index in [0.29, 0.717) is 0 Å². The summed E-state index contributed by atoms with van der Waals surface area (Å²) in [4.78, 5) is 23.8. The maximum Gasteiger partial charge on any atom is 0.359 e. The third-order valence-corrected chi connectivity index (χ3v) is 3.63. The van der Waals surface area contributed by atoms with Gasteiger partial charge in [0.15, 0.2) is 17.1 Å². The minimum absolute atomic E-state index is 0.174. The number of carbonyl (C=O) groups is 2. The van der Waals surface area contributed by atoms with Gasteiger partial charge in [0.1, 0.15) is 0 Å². The molecule has 0 saturated carbocycles. The van der Waals surface area contributed by atoms with Crippen molar-refractivity contribution in [3.8, 4) is 0 Å². The first-order valence-corrected chi connectivity index (χ1v) is 7.02. The molecule has 2 aromatic rings. The number of nitrogens with zero attached hydrogens (tertiary/aromatic N) is 3. The smallest absolute Gasteiger partial charge is 0.359 e. The van der Waals surface area contributed by atoms with Crippen LogP contribution in [0.15, 0.2) is 36.5 Å². The lowest BCUT2D eigenvalue weighted by atomic mass is 10.1. The van der Waals surface area contributed by atoms with Gasteiger partial charge >= 0.3 is 5.97 Å². The second kappa shape index (κ2) is 6.09. The second-order valence-corrected chi connectivity index (χ2v) is 5.61. The minimum Gasteiger partial charge on any atom is -0.447 e. The fourth-order valence-electron chi connectivity index (χ4n) is 1.90. The summed E-state index contributed by atoms with van der Waals surface area (Å²) in [5.41, 5.74) is 0.0286. The van der Waals surface area contributed by atoms with Gasteiger partial charge < -0.3 is 4.74 Å². The first kappa shape index (κ1) is 15.9. The predicted octanol–water partition coefficient (Wildman–Crippen LogP) is 2.41. The van der Waals surface area contributed by atoms with E-state index < -0.39 is 11.6 Å². The summed E-state index contributed by atoms with van der Waals surface area (Å²) in [5.74, 6) is -0.844. The van der Waals surface area contributed by atoms with Crippen molar-refractivity contribution < 1.29 is 14.3 Å². The van der Waals surface area contributed by atoms with E-state index in [-0.39, 0.29) is 17.5 Å². The number of hydrogen-bond acceptors (Lipinski definition) is 5. The lowest BCUT2D eigenvalue weighted by Gasteiger charge is -2.22. The van der Waals surface area contributed by atoms with E-state index >= 15 is 0 Å². The number of rotatable bonds is 5. The predicted molar refractivity (Wildman–Crippen MR) is 80.5 cm³/mol. The Labute approximate surface area is 129 Å². The summed E-state index contributed by atoms with van der Waals surface area (Å²) >= 11 is 0. The molecule has 0 unspecified atom stereocenters. The molecule has 116 valence electrons. The van der Waals surface area contributed by atoms with Gasteiger partial charge in [0.05, 0.1) is 12.2 Å². The van der Waals surface area contributed by atoms with Crippen LogP contribution in [-0.2, 0) is 9.53 Å². The number of Topliss-reactive ketones (excluding diaryl/α,β-unsaturated/α-hetero) is 1. The van der Waals surface area contributed by atoms with Crippen molar-refractivity contribution in [2.75, 3.05) is 0 Å². The van der Waals surface area contributed by atoms with E-state index in [1.165, 1.54) is 17.8 Å². The summed E-state index contributed by atoms with van der Waals surface area (Å²) in [6.45, 7) is 6.41. The van der Waals surface area contributed by atoms with Crippen LogP contribution in [0.5, 0.6) is 0 Å². The Bertz CT molecular complexity index is 677. The molecule has 1 atom stereocenters. The van der Waals surface area contributed by atoms with Gasteiger partial charge in [-0.2, -0.15) is 0 Å². The minimum atomic E-state index is -1.18. The van der Waals surface area contributed by atoms with Crippen molar-refractivity contribution in [3.63, 3.8) is 0 Å². The number of carbonyl (C=O) groups excluding carboxylic acids is 2. The monoisotopic (exact) mass is 301 g/mol. The Morgan fingerprint density at radius 2 is 1.86 bits per heavy atom. The van der Waals surface area contributed by atoms with Crippen molar-refractivity contribution in [2.45, 2.75) is 39.3 Å². The van der Waals surface area contributed by atoms with Crippen LogP contribution in [0.2, 0.25) is 0 Å². The summed E-state index contributed by atoms with van der Waals surface area (Å²) < 4.78 is 6.77. The summed E-state index contributed by atoms with van der Waals surface area (Å²) in [5, 5.41) is 7.76. The van der Waals surface area contributed by atoms with Crippen molar-refractivity contribution >= 4 is 11.8 Å². The van der Waals surface area contributed by atoms with Crippen LogP contribution in [0.1, 0.15) is 49.8 Å². The number of ether oxygens (including phenoxy) is 1. The highest BCUT2D eigenvalue weighted by molar-refractivity contribution is 5.92. The lowest BCUT2D eigenvalue weighted by molar-refractivity contribution is -0.132. The van der Waals surface area contributed by atoms with E-state index in [4.69, 9.17) is 4.74 Å². The quantitative estimate of drug-likeness (QED) is 0.793. The average molecular weight is 301 g/mol. The third kappa shape index (κ3) is 3.21. The van der Waals surface area contributed by atoms with Gasteiger partial charge in [0.25, 0.3) is 0 Å². The molecule has 0 aliphatic carbocycles. The van der Waals surface area contributed by atoms with Gasteiger partial charge in [-0.15, -0.1) is 5.10 Å². The van der Waals surface area contributed by atoms with Gasteiger partial charge in [-0.25, -0.2) is 9.48 Å². The molecule has 0 aliphatic rings. The van der Waals surface area contributed by atoms with Gasteiger partial charge in [-0.05, 0) is 33.3 Å². The molecule has 0 radical (unpaired) electrons. The van der Waals surface area contributed by atoms with Crippen molar-refractivity contribution in [3.05, 3.63) is 47.8 Å². The highest BCUT2D eigenvalue weighted by Crippen LogP contribution is 2.20. The van der Waals surface area contributed by atoms with Crippen LogP contribution in [0.25, 0.3) is 0 Å². The lowest BCUT2D eigenvalue weighted by Crippen LogP contribution is -2.36. The van der Waals surface area contributed by atoms with Gasteiger partial charge in [0, 0.05) is 0 Å². The number of benzene rings is 1. The Morgan fingerprint density at radius 1 is 1.23 bits per heavy atom. The molecule has 0 saturated heterocycles. The maximum atomic E-state index is 12.3. The number of aromatic nitrogens is 3. The highest BCUT2D eigenvalue weighted by atomic mass is 16.6. The zero-order valence-corrected chi connectivity index (χ0v) is 13.1. The van der Waals surface area contributed by atoms with Gasteiger partial charge in [0.2, 0.25) is 0 Å². The molecule has 22 heavy (non-hydrogen) atoms. The Morgan fingerprint density at radius 3 is 2.45 bits per heavy atom. The SMILES string of the molecule is CC(=O)C(C)(C)OC(=O)c1cnnn1[C@H](C)c1ccccc1. The van der Waals surface area contributed by atoms with E-state index in [1.54, 1.807) is 13.8 Å². The molecule has 1 heterocycles. The van der Waals surface area contributed by atoms with Crippen LogP contribution in [-0.4, -0.2) is 32.3 Å². The molecule has 1 aromatic carbocycles. The zero-order valence-electron chi connectivity index (χ0n) is 13.1. The van der Waals surface area contributed by atoms with Crippen LogP contribution in [0, 0.1) is 0 Å². The number of esters is 1. The Balaban J connectivity index is 2.26. The largest absolute Gasteiger partial charge is 0.447 e. The van der Waals surface area contributed by atoms with E-state index in [0.717, 1.165) is 5.56 Å². The van der Waals surface area contributed by atoms with Crippen molar-refractivity contribution in [2.24, 2.45) is 0 Å². The number of hydrogen-bond donors (Lipinski definition) is 0. The van der Waals surface area contributed by atoms with E-state index in [2.05, 4.69) is 10.3 Å². The first-order valence-electron chi connectivity index (χ1n) is 7.02. The topological polar surface area (TPSA) is 74.1 Å². The molecule has 0 amide bonds. The van der Waals surface area contributed by atoms with E-state index in [9.17, 15) is 9.59 Å². The summed E-state index contributed by atoms with van der Waals surface area (Å²) in [6.07, 6.45) is 1.35. The molecular formula is C16H19N3O3. The standard InChI is InChI=1S/C16H19N3O3/c1-11(13-8-6-5-7-9-13)19-14(10-17-18-19)15(21)22-16(3,4)12(2)20/h5-11H,1-4H3/t11-/m1/s1. The average Bonchev–Trinajstić information content (AvgIpc) is 2.96. The molecule has 6 heteroatoms. The second-order valence-electron chi connectivity index (χ2n) is 5.61. The number of ketones is 1. The zero-order chi connectivity index (χ0) is 16.3. The molecule has 0 bridgehead atoms. The Kier molecular flexibility index (Phi) is 4.40. The molecule has 6 nitrogen and oxygen atoms in total. The van der Waals surface area contributed by atoms with Crippen LogP contribution in [0.3, 0.4) is 0 Å². The first-order chi connectivity index (χ1) is 10.3. The van der Waals surface area contributed by atoms with Crippen LogP contribution >= 0.6 is 0 Å². The molecule has 0 aliphatic heterocycles.